The zero-order valence-electron chi connectivity index (χ0n) is 11.8. The van der Waals surface area contributed by atoms with Crippen LogP contribution in [0.2, 0.25) is 0 Å². The smallest absolute Gasteiger partial charge is 0.0386 e. The van der Waals surface area contributed by atoms with E-state index in [2.05, 4.69) is 81.2 Å². The van der Waals surface area contributed by atoms with E-state index in [0.29, 0.717) is 18.0 Å². The standard InChI is InChI=1S/C15H22Br2N2/c1-10(2)18-9-12-6-7-19(3)15(12)11-4-5-13(16)14(17)8-11/h4-5,8,10,12,15,18H,6-7,9H2,1-3H3. The topological polar surface area (TPSA) is 15.3 Å². The largest absolute Gasteiger partial charge is 0.314 e. The number of nitrogens with one attached hydrogen (secondary N) is 1. The summed E-state index contributed by atoms with van der Waals surface area (Å²) in [6.07, 6.45) is 1.27. The third kappa shape index (κ3) is 3.81. The fourth-order valence-corrected chi connectivity index (χ4v) is 3.49. The van der Waals surface area contributed by atoms with Gasteiger partial charge in [0.05, 0.1) is 0 Å². The van der Waals surface area contributed by atoms with E-state index >= 15 is 0 Å². The van der Waals surface area contributed by atoms with E-state index < -0.39 is 0 Å². The van der Waals surface area contributed by atoms with Crippen molar-refractivity contribution in [3.05, 3.63) is 32.7 Å². The predicted octanol–water partition coefficient (Wildman–Crippen LogP) is 4.20. The number of rotatable bonds is 4. The number of halogens is 2. The molecular formula is C15H22Br2N2. The van der Waals surface area contributed by atoms with E-state index in [1.54, 1.807) is 0 Å². The highest BCUT2D eigenvalue weighted by molar-refractivity contribution is 9.13. The second kappa shape index (κ2) is 6.70. The quantitative estimate of drug-likeness (QED) is 0.829. The van der Waals surface area contributed by atoms with Crippen LogP contribution in [0.1, 0.15) is 31.9 Å². The molecule has 1 saturated heterocycles. The molecule has 0 saturated carbocycles. The summed E-state index contributed by atoms with van der Waals surface area (Å²) in [6, 6.07) is 7.71. The summed E-state index contributed by atoms with van der Waals surface area (Å²) in [5.74, 6) is 0.695. The molecule has 0 aromatic heterocycles. The van der Waals surface area contributed by atoms with Gasteiger partial charge in [-0.3, -0.25) is 4.90 Å². The molecule has 4 heteroatoms. The molecule has 1 aromatic rings. The van der Waals surface area contributed by atoms with Crippen molar-refractivity contribution in [1.82, 2.24) is 10.2 Å². The summed E-state index contributed by atoms with van der Waals surface area (Å²) in [4.78, 5) is 2.47. The van der Waals surface area contributed by atoms with Gasteiger partial charge < -0.3 is 5.32 Å². The first-order valence-corrected chi connectivity index (χ1v) is 8.46. The predicted molar refractivity (Wildman–Crippen MR) is 88.5 cm³/mol. The fourth-order valence-electron chi connectivity index (χ4n) is 2.85. The summed E-state index contributed by atoms with van der Waals surface area (Å²) in [5, 5.41) is 3.59. The number of likely N-dealkylation sites (tertiary alicyclic amines) is 1. The van der Waals surface area contributed by atoms with Gasteiger partial charge in [-0.1, -0.05) is 19.9 Å². The van der Waals surface area contributed by atoms with Crippen molar-refractivity contribution < 1.29 is 0 Å². The van der Waals surface area contributed by atoms with Crippen LogP contribution in [-0.2, 0) is 0 Å². The molecule has 1 fully saturated rings. The molecule has 2 nitrogen and oxygen atoms in total. The first-order valence-electron chi connectivity index (χ1n) is 6.87. The van der Waals surface area contributed by atoms with Crippen molar-refractivity contribution in [3.8, 4) is 0 Å². The zero-order chi connectivity index (χ0) is 14.0. The van der Waals surface area contributed by atoms with Crippen LogP contribution in [-0.4, -0.2) is 31.1 Å². The maximum absolute atomic E-state index is 3.61. The molecule has 106 valence electrons. The Labute approximate surface area is 133 Å². The van der Waals surface area contributed by atoms with Crippen LogP contribution in [0.3, 0.4) is 0 Å². The van der Waals surface area contributed by atoms with Gasteiger partial charge in [0.15, 0.2) is 0 Å². The van der Waals surface area contributed by atoms with E-state index in [4.69, 9.17) is 0 Å². The van der Waals surface area contributed by atoms with Gasteiger partial charge in [0.2, 0.25) is 0 Å². The van der Waals surface area contributed by atoms with Crippen molar-refractivity contribution in [2.24, 2.45) is 5.92 Å². The molecule has 0 radical (unpaired) electrons. The van der Waals surface area contributed by atoms with Gasteiger partial charge in [-0.05, 0) is 75.5 Å². The summed E-state index contributed by atoms with van der Waals surface area (Å²) in [7, 11) is 2.23. The lowest BCUT2D eigenvalue weighted by molar-refractivity contribution is 0.269. The lowest BCUT2D eigenvalue weighted by Gasteiger charge is -2.27. The molecular weight excluding hydrogens is 368 g/mol. The van der Waals surface area contributed by atoms with Crippen LogP contribution in [0.4, 0.5) is 0 Å². The Morgan fingerprint density at radius 3 is 2.68 bits per heavy atom. The lowest BCUT2D eigenvalue weighted by atomic mass is 9.93. The molecule has 1 aliphatic rings. The second-order valence-corrected chi connectivity index (χ2v) is 7.42. The third-order valence-corrected chi connectivity index (χ3v) is 5.73. The minimum Gasteiger partial charge on any atom is -0.314 e. The fraction of sp³-hybridized carbons (Fsp3) is 0.600. The Morgan fingerprint density at radius 1 is 1.32 bits per heavy atom. The molecule has 1 aliphatic heterocycles. The Kier molecular flexibility index (Phi) is 5.46. The van der Waals surface area contributed by atoms with E-state index in [-0.39, 0.29) is 0 Å². The van der Waals surface area contributed by atoms with Gasteiger partial charge in [0.25, 0.3) is 0 Å². The molecule has 2 atom stereocenters. The summed E-state index contributed by atoms with van der Waals surface area (Å²) >= 11 is 7.16. The number of hydrogen-bond donors (Lipinski definition) is 1. The highest BCUT2D eigenvalue weighted by atomic mass is 79.9. The van der Waals surface area contributed by atoms with Crippen LogP contribution in [0.25, 0.3) is 0 Å². The molecule has 2 unspecified atom stereocenters. The monoisotopic (exact) mass is 388 g/mol. The minimum absolute atomic E-state index is 0.524. The van der Waals surface area contributed by atoms with Crippen molar-refractivity contribution in [3.63, 3.8) is 0 Å². The maximum Gasteiger partial charge on any atom is 0.0386 e. The minimum atomic E-state index is 0.524. The van der Waals surface area contributed by atoms with E-state index in [9.17, 15) is 0 Å². The Bertz CT molecular complexity index is 434. The number of nitrogens with zero attached hydrogens (tertiary/aromatic N) is 1. The van der Waals surface area contributed by atoms with Gasteiger partial charge in [-0.25, -0.2) is 0 Å². The summed E-state index contributed by atoms with van der Waals surface area (Å²) in [5.41, 5.74) is 1.41. The van der Waals surface area contributed by atoms with Gasteiger partial charge in [-0.2, -0.15) is 0 Å². The van der Waals surface area contributed by atoms with Gasteiger partial charge in [-0.15, -0.1) is 0 Å². The van der Waals surface area contributed by atoms with Gasteiger partial charge in [0.1, 0.15) is 0 Å². The van der Waals surface area contributed by atoms with E-state index in [1.807, 2.05) is 0 Å². The molecule has 2 rings (SSSR count). The van der Waals surface area contributed by atoms with E-state index in [0.717, 1.165) is 15.5 Å². The SMILES string of the molecule is CC(C)NCC1CCN(C)C1c1ccc(Br)c(Br)c1. The van der Waals surface area contributed by atoms with Crippen LogP contribution in [0.15, 0.2) is 27.1 Å². The van der Waals surface area contributed by atoms with Crippen LogP contribution in [0, 0.1) is 5.92 Å². The van der Waals surface area contributed by atoms with Crippen molar-refractivity contribution >= 4 is 31.9 Å². The molecule has 19 heavy (non-hydrogen) atoms. The second-order valence-electron chi connectivity index (χ2n) is 5.71. The third-order valence-electron chi connectivity index (χ3n) is 3.85. The molecule has 1 aromatic carbocycles. The summed E-state index contributed by atoms with van der Waals surface area (Å²) in [6.45, 7) is 6.71. The lowest BCUT2D eigenvalue weighted by Crippen LogP contribution is -2.32. The Hall–Kier alpha value is 0.1000. The van der Waals surface area contributed by atoms with Crippen LogP contribution >= 0.6 is 31.9 Å². The number of hydrogen-bond acceptors (Lipinski definition) is 2. The van der Waals surface area contributed by atoms with Gasteiger partial charge in [0, 0.05) is 27.6 Å². The first kappa shape index (κ1) is 15.5. The zero-order valence-corrected chi connectivity index (χ0v) is 15.0. The molecule has 1 heterocycles. The molecule has 1 N–H and O–H groups in total. The first-order chi connectivity index (χ1) is 8.99. The van der Waals surface area contributed by atoms with Crippen molar-refractivity contribution in [1.29, 1.82) is 0 Å². The normalized spacial score (nSPS) is 24.3. The summed E-state index contributed by atoms with van der Waals surface area (Å²) < 4.78 is 2.26. The van der Waals surface area contributed by atoms with Gasteiger partial charge >= 0.3 is 0 Å². The van der Waals surface area contributed by atoms with Crippen molar-refractivity contribution in [2.75, 3.05) is 20.1 Å². The Morgan fingerprint density at radius 2 is 2.05 bits per heavy atom. The molecule has 0 amide bonds. The highest BCUT2D eigenvalue weighted by Crippen LogP contribution is 2.38. The Balaban J connectivity index is 2.16. The van der Waals surface area contributed by atoms with Crippen LogP contribution < -0.4 is 5.32 Å². The van der Waals surface area contributed by atoms with Crippen LogP contribution in [0.5, 0.6) is 0 Å². The molecule has 0 bridgehead atoms. The average molecular weight is 390 g/mol. The highest BCUT2D eigenvalue weighted by Gasteiger charge is 2.32. The van der Waals surface area contributed by atoms with Crippen molar-refractivity contribution in [2.45, 2.75) is 32.4 Å². The molecule has 0 aliphatic carbocycles. The number of benzene rings is 1. The molecule has 0 spiro atoms. The average Bonchev–Trinajstić information content (AvgIpc) is 2.71. The van der Waals surface area contributed by atoms with E-state index in [1.165, 1.54) is 18.5 Å². The maximum atomic E-state index is 3.61.